The molecule has 3 aromatic rings. The van der Waals surface area contributed by atoms with Crippen molar-refractivity contribution in [1.82, 2.24) is 0 Å². The third-order valence-corrected chi connectivity index (χ3v) is 5.21. The van der Waals surface area contributed by atoms with E-state index in [0.717, 1.165) is 22.9 Å². The molecule has 0 fully saturated rings. The maximum absolute atomic E-state index is 13.3. The van der Waals surface area contributed by atoms with Crippen LogP contribution in [-0.4, -0.2) is 19.1 Å². The van der Waals surface area contributed by atoms with E-state index in [9.17, 15) is 18.0 Å². The van der Waals surface area contributed by atoms with Gasteiger partial charge in [0, 0.05) is 6.20 Å². The number of fused-ring (bicyclic) bond motifs is 1. The van der Waals surface area contributed by atoms with Gasteiger partial charge in [0.25, 0.3) is 5.91 Å². The number of nitrogens with one attached hydrogen (secondary N) is 1. The fourth-order valence-electron chi connectivity index (χ4n) is 3.19. The van der Waals surface area contributed by atoms with E-state index in [2.05, 4.69) is 5.32 Å². The van der Waals surface area contributed by atoms with Gasteiger partial charge in [-0.25, -0.2) is 0 Å². The molecule has 3 N–H and O–H groups in total. The minimum atomic E-state index is -4.53. The number of carbonyl (C=O) groups excluding carboxylic acids is 1. The lowest BCUT2D eigenvalue weighted by molar-refractivity contribution is -0.137. The second kappa shape index (κ2) is 9.85. The number of methoxy groups -OCH3 is 1. The van der Waals surface area contributed by atoms with E-state index in [0.29, 0.717) is 17.7 Å². The standard InChI is InChI=1S/C25H25F3N2O3/c1-4-15(2)33-23-10-8-19(25(26,27)28)13-22(23)30-14-21(24(29)31)18-6-5-17-12-20(32-3)9-7-16(17)11-18/h5-15,30H,4H2,1-3H3,(H2,29,31)/b21-14-. The molecule has 33 heavy (non-hydrogen) atoms. The minimum Gasteiger partial charge on any atom is -0.497 e. The predicted molar refractivity (Wildman–Crippen MR) is 123 cm³/mol. The molecule has 1 amide bonds. The summed E-state index contributed by atoms with van der Waals surface area (Å²) in [6.07, 6.45) is -2.77. The Labute approximate surface area is 190 Å². The first kappa shape index (κ1) is 24.0. The highest BCUT2D eigenvalue weighted by Gasteiger charge is 2.31. The molecule has 0 aromatic heterocycles. The molecule has 5 nitrogen and oxygen atoms in total. The molecule has 1 atom stereocenters. The molecule has 0 aliphatic carbocycles. The SMILES string of the molecule is CCC(C)Oc1ccc(C(F)(F)F)cc1N/C=C(\C(N)=O)c1ccc2cc(OC)ccc2c1. The number of alkyl halides is 3. The molecule has 0 aliphatic heterocycles. The molecule has 0 saturated heterocycles. The summed E-state index contributed by atoms with van der Waals surface area (Å²) in [6.45, 7) is 3.72. The van der Waals surface area contributed by atoms with Crippen molar-refractivity contribution in [3.8, 4) is 11.5 Å². The molecule has 8 heteroatoms. The van der Waals surface area contributed by atoms with Crippen molar-refractivity contribution in [2.45, 2.75) is 32.5 Å². The number of nitrogens with two attached hydrogens (primary N) is 1. The number of rotatable bonds is 8. The van der Waals surface area contributed by atoms with Gasteiger partial charge in [0.1, 0.15) is 11.5 Å². The van der Waals surface area contributed by atoms with Crippen molar-refractivity contribution < 1.29 is 27.4 Å². The van der Waals surface area contributed by atoms with Gasteiger partial charge in [0.15, 0.2) is 0 Å². The van der Waals surface area contributed by atoms with Crippen LogP contribution in [0.25, 0.3) is 16.3 Å². The molecule has 0 radical (unpaired) electrons. The quantitative estimate of drug-likeness (QED) is 0.407. The van der Waals surface area contributed by atoms with E-state index in [4.69, 9.17) is 15.2 Å². The molecule has 0 bridgehead atoms. The Balaban J connectivity index is 2.00. The molecule has 0 aliphatic rings. The van der Waals surface area contributed by atoms with Crippen LogP contribution >= 0.6 is 0 Å². The second-order valence-corrected chi connectivity index (χ2v) is 7.54. The van der Waals surface area contributed by atoms with Crippen molar-refractivity contribution >= 4 is 27.9 Å². The van der Waals surface area contributed by atoms with Crippen molar-refractivity contribution in [2.24, 2.45) is 5.73 Å². The van der Waals surface area contributed by atoms with E-state index in [1.54, 1.807) is 25.3 Å². The number of anilines is 1. The Morgan fingerprint density at radius 1 is 1.09 bits per heavy atom. The summed E-state index contributed by atoms with van der Waals surface area (Å²) >= 11 is 0. The summed E-state index contributed by atoms with van der Waals surface area (Å²) in [6, 6.07) is 13.9. The number of hydrogen-bond acceptors (Lipinski definition) is 4. The minimum absolute atomic E-state index is 0.0781. The van der Waals surface area contributed by atoms with Gasteiger partial charge in [-0.1, -0.05) is 25.1 Å². The molecule has 0 spiro atoms. The summed E-state index contributed by atoms with van der Waals surface area (Å²) in [5.74, 6) is 0.204. The Morgan fingerprint density at radius 2 is 1.79 bits per heavy atom. The monoisotopic (exact) mass is 458 g/mol. The number of amides is 1. The molecular weight excluding hydrogens is 433 g/mol. The topological polar surface area (TPSA) is 73.6 Å². The van der Waals surface area contributed by atoms with Crippen LogP contribution in [0.5, 0.6) is 11.5 Å². The summed E-state index contributed by atoms with van der Waals surface area (Å²) in [4.78, 5) is 12.2. The molecule has 1 unspecified atom stereocenters. The van der Waals surface area contributed by atoms with Crippen molar-refractivity contribution in [3.63, 3.8) is 0 Å². The lowest BCUT2D eigenvalue weighted by atomic mass is 10.0. The smallest absolute Gasteiger partial charge is 0.416 e. The normalized spacial score (nSPS) is 13.0. The second-order valence-electron chi connectivity index (χ2n) is 7.54. The Bertz CT molecular complexity index is 1190. The summed E-state index contributed by atoms with van der Waals surface area (Å²) in [5.41, 5.74) is 5.45. The third-order valence-electron chi connectivity index (χ3n) is 5.21. The summed E-state index contributed by atoms with van der Waals surface area (Å²) in [5, 5.41) is 4.54. The first-order chi connectivity index (χ1) is 15.6. The third kappa shape index (κ3) is 5.77. The van der Waals surface area contributed by atoms with E-state index < -0.39 is 17.6 Å². The fourth-order valence-corrected chi connectivity index (χ4v) is 3.19. The summed E-state index contributed by atoms with van der Waals surface area (Å²) in [7, 11) is 1.57. The maximum Gasteiger partial charge on any atom is 0.416 e. The van der Waals surface area contributed by atoms with Crippen LogP contribution in [0.1, 0.15) is 31.4 Å². The van der Waals surface area contributed by atoms with Crippen LogP contribution in [0.2, 0.25) is 0 Å². The highest BCUT2D eigenvalue weighted by Crippen LogP contribution is 2.36. The lowest BCUT2D eigenvalue weighted by Crippen LogP contribution is -2.15. The fraction of sp³-hybridized carbons (Fsp3) is 0.240. The highest BCUT2D eigenvalue weighted by atomic mass is 19.4. The van der Waals surface area contributed by atoms with E-state index in [1.807, 2.05) is 32.0 Å². The lowest BCUT2D eigenvalue weighted by Gasteiger charge is -2.18. The van der Waals surface area contributed by atoms with Gasteiger partial charge in [-0.2, -0.15) is 13.2 Å². The average Bonchev–Trinajstić information content (AvgIpc) is 2.78. The molecule has 0 saturated carbocycles. The molecule has 3 rings (SSSR count). The molecule has 0 heterocycles. The van der Waals surface area contributed by atoms with Gasteiger partial charge in [-0.05, 0) is 66.1 Å². The Hall–Kier alpha value is -3.68. The maximum atomic E-state index is 13.3. The van der Waals surface area contributed by atoms with Crippen LogP contribution in [-0.2, 0) is 11.0 Å². The van der Waals surface area contributed by atoms with Gasteiger partial charge >= 0.3 is 6.18 Å². The predicted octanol–water partition coefficient (Wildman–Crippen LogP) is 5.98. The number of hydrogen-bond donors (Lipinski definition) is 2. The van der Waals surface area contributed by atoms with Crippen molar-refractivity contribution in [1.29, 1.82) is 0 Å². The van der Waals surface area contributed by atoms with Crippen LogP contribution in [0.4, 0.5) is 18.9 Å². The first-order valence-corrected chi connectivity index (χ1v) is 10.3. The van der Waals surface area contributed by atoms with E-state index in [1.165, 1.54) is 12.3 Å². The van der Waals surface area contributed by atoms with Gasteiger partial charge in [0.2, 0.25) is 0 Å². The van der Waals surface area contributed by atoms with Crippen molar-refractivity contribution in [2.75, 3.05) is 12.4 Å². The Kier molecular flexibility index (Phi) is 7.16. The molecule has 174 valence electrons. The van der Waals surface area contributed by atoms with Crippen LogP contribution < -0.4 is 20.5 Å². The highest BCUT2D eigenvalue weighted by molar-refractivity contribution is 6.19. The molecular formula is C25H25F3N2O3. The number of carbonyl (C=O) groups is 1. The first-order valence-electron chi connectivity index (χ1n) is 10.3. The van der Waals surface area contributed by atoms with Crippen LogP contribution in [0.3, 0.4) is 0 Å². The number of primary amides is 1. The number of benzene rings is 3. The number of ether oxygens (including phenoxy) is 2. The van der Waals surface area contributed by atoms with Gasteiger partial charge in [-0.15, -0.1) is 0 Å². The molecule has 3 aromatic carbocycles. The zero-order chi connectivity index (χ0) is 24.2. The van der Waals surface area contributed by atoms with E-state index in [-0.39, 0.29) is 23.1 Å². The van der Waals surface area contributed by atoms with Gasteiger partial charge in [-0.3, -0.25) is 4.79 Å². The average molecular weight is 458 g/mol. The van der Waals surface area contributed by atoms with Crippen LogP contribution in [0, 0.1) is 0 Å². The van der Waals surface area contributed by atoms with E-state index >= 15 is 0 Å². The zero-order valence-electron chi connectivity index (χ0n) is 18.5. The van der Waals surface area contributed by atoms with Gasteiger partial charge in [0.05, 0.1) is 30.0 Å². The zero-order valence-corrected chi connectivity index (χ0v) is 18.5. The summed E-state index contributed by atoms with van der Waals surface area (Å²) < 4.78 is 50.7. The van der Waals surface area contributed by atoms with Gasteiger partial charge < -0.3 is 20.5 Å². The largest absolute Gasteiger partial charge is 0.497 e. The van der Waals surface area contributed by atoms with Crippen LogP contribution in [0.15, 0.2) is 60.8 Å². The van der Waals surface area contributed by atoms with Crippen molar-refractivity contribution in [3.05, 3.63) is 71.9 Å². The number of halogens is 3. The Morgan fingerprint density at radius 3 is 2.42 bits per heavy atom.